The van der Waals surface area contributed by atoms with Crippen LogP contribution in [0.15, 0.2) is 42.5 Å². The van der Waals surface area contributed by atoms with Crippen LogP contribution < -0.4 is 11.1 Å². The van der Waals surface area contributed by atoms with Crippen molar-refractivity contribution in [3.05, 3.63) is 65.2 Å². The summed E-state index contributed by atoms with van der Waals surface area (Å²) in [5.41, 5.74) is 6.36. The van der Waals surface area contributed by atoms with Crippen LogP contribution in [-0.2, 0) is 0 Å². The minimum Gasteiger partial charge on any atom is -0.376 e. The van der Waals surface area contributed by atoms with E-state index in [4.69, 9.17) is 5.73 Å². The molecule has 1 amide bonds. The predicted molar refractivity (Wildman–Crippen MR) is 73.4 cm³/mol. The molecule has 104 valence electrons. The number of halogens is 2. The summed E-state index contributed by atoms with van der Waals surface area (Å²) in [6.07, 6.45) is 0. The van der Waals surface area contributed by atoms with Crippen LogP contribution in [-0.4, -0.2) is 5.91 Å². The average Bonchev–Trinajstić information content (AvgIpc) is 2.41. The summed E-state index contributed by atoms with van der Waals surface area (Å²) >= 11 is 0. The smallest absolute Gasteiger partial charge is 0.248 e. The van der Waals surface area contributed by atoms with Gasteiger partial charge in [0.2, 0.25) is 5.91 Å². The van der Waals surface area contributed by atoms with Crippen LogP contribution >= 0.6 is 0 Å². The van der Waals surface area contributed by atoms with Crippen LogP contribution in [0.25, 0.3) is 0 Å². The lowest BCUT2D eigenvalue weighted by molar-refractivity contribution is 0.100. The molecule has 0 radical (unpaired) electrons. The summed E-state index contributed by atoms with van der Waals surface area (Å²) in [7, 11) is 0. The zero-order valence-corrected chi connectivity index (χ0v) is 10.9. The third-order valence-corrected chi connectivity index (χ3v) is 2.99. The highest BCUT2D eigenvalue weighted by Gasteiger charge is 2.11. The second kappa shape index (κ2) is 5.69. The quantitative estimate of drug-likeness (QED) is 0.900. The second-order valence-electron chi connectivity index (χ2n) is 4.48. The molecule has 2 aromatic rings. The van der Waals surface area contributed by atoms with Gasteiger partial charge in [-0.2, -0.15) is 0 Å². The highest BCUT2D eigenvalue weighted by atomic mass is 19.1. The van der Waals surface area contributed by atoms with Crippen molar-refractivity contribution in [2.24, 2.45) is 5.73 Å². The van der Waals surface area contributed by atoms with E-state index >= 15 is 0 Å². The summed E-state index contributed by atoms with van der Waals surface area (Å²) in [6, 6.07) is 9.52. The molecular formula is C15H14F2N2O. The minimum atomic E-state index is -0.623. The van der Waals surface area contributed by atoms with Gasteiger partial charge in [0.15, 0.2) is 0 Å². The van der Waals surface area contributed by atoms with Crippen molar-refractivity contribution >= 4 is 11.6 Å². The summed E-state index contributed by atoms with van der Waals surface area (Å²) < 4.78 is 26.5. The molecule has 0 saturated carbocycles. The van der Waals surface area contributed by atoms with Crippen LogP contribution in [0.3, 0.4) is 0 Å². The molecule has 0 aromatic heterocycles. The van der Waals surface area contributed by atoms with Gasteiger partial charge in [-0.25, -0.2) is 8.78 Å². The number of carbonyl (C=O) groups is 1. The van der Waals surface area contributed by atoms with Gasteiger partial charge in [-0.05, 0) is 42.8 Å². The van der Waals surface area contributed by atoms with Crippen molar-refractivity contribution in [3.8, 4) is 0 Å². The van der Waals surface area contributed by atoms with E-state index in [0.717, 1.165) is 5.56 Å². The van der Waals surface area contributed by atoms with Crippen LogP contribution in [0.5, 0.6) is 0 Å². The maximum Gasteiger partial charge on any atom is 0.248 e. The van der Waals surface area contributed by atoms with Gasteiger partial charge in [0.1, 0.15) is 11.6 Å². The first-order valence-corrected chi connectivity index (χ1v) is 6.08. The fourth-order valence-corrected chi connectivity index (χ4v) is 1.86. The lowest BCUT2D eigenvalue weighted by Gasteiger charge is -2.16. The fourth-order valence-electron chi connectivity index (χ4n) is 1.86. The van der Waals surface area contributed by atoms with Crippen LogP contribution in [0.1, 0.15) is 28.9 Å². The first kappa shape index (κ1) is 14.0. The number of hydrogen-bond donors (Lipinski definition) is 2. The van der Waals surface area contributed by atoms with E-state index in [1.807, 2.05) is 6.92 Å². The number of nitrogens with two attached hydrogens (primary N) is 1. The first-order valence-electron chi connectivity index (χ1n) is 6.08. The van der Waals surface area contributed by atoms with Crippen molar-refractivity contribution in [1.82, 2.24) is 0 Å². The molecule has 0 aliphatic rings. The van der Waals surface area contributed by atoms with E-state index in [1.165, 1.54) is 30.3 Å². The molecule has 3 N–H and O–H groups in total. The van der Waals surface area contributed by atoms with Gasteiger partial charge in [0.05, 0.1) is 5.69 Å². The Bertz CT molecular complexity index is 626. The van der Waals surface area contributed by atoms with Gasteiger partial charge in [-0.3, -0.25) is 4.79 Å². The normalized spacial score (nSPS) is 11.9. The van der Waals surface area contributed by atoms with E-state index in [-0.39, 0.29) is 23.1 Å². The number of primary amides is 1. The number of rotatable bonds is 4. The molecule has 0 aliphatic carbocycles. The zero-order valence-electron chi connectivity index (χ0n) is 10.9. The van der Waals surface area contributed by atoms with E-state index in [1.54, 1.807) is 12.1 Å². The summed E-state index contributed by atoms with van der Waals surface area (Å²) in [5.74, 6) is -1.44. The van der Waals surface area contributed by atoms with Gasteiger partial charge in [-0.1, -0.05) is 12.1 Å². The van der Waals surface area contributed by atoms with Crippen molar-refractivity contribution < 1.29 is 13.6 Å². The Morgan fingerprint density at radius 3 is 2.40 bits per heavy atom. The molecule has 2 rings (SSSR count). The Morgan fingerprint density at radius 2 is 1.80 bits per heavy atom. The maximum absolute atomic E-state index is 13.7. The summed E-state index contributed by atoms with van der Waals surface area (Å²) in [4.78, 5) is 11.1. The number of hydrogen-bond acceptors (Lipinski definition) is 2. The number of amides is 1. The Balaban J connectivity index is 2.22. The van der Waals surface area contributed by atoms with Crippen molar-refractivity contribution in [3.63, 3.8) is 0 Å². The average molecular weight is 276 g/mol. The van der Waals surface area contributed by atoms with Gasteiger partial charge in [0.25, 0.3) is 0 Å². The standard InChI is InChI=1S/C15H14F2N2O/c1-9(10-2-5-12(16)6-3-10)19-14-8-11(15(18)20)4-7-13(14)17/h2-9,19H,1H3,(H2,18,20). The lowest BCUT2D eigenvalue weighted by atomic mass is 10.1. The Hall–Kier alpha value is -2.43. The fraction of sp³-hybridized carbons (Fsp3) is 0.133. The van der Waals surface area contributed by atoms with Crippen molar-refractivity contribution in [2.45, 2.75) is 13.0 Å². The van der Waals surface area contributed by atoms with Crippen LogP contribution in [0.2, 0.25) is 0 Å². The summed E-state index contributed by atoms with van der Waals surface area (Å²) in [5, 5.41) is 2.94. The molecule has 0 spiro atoms. The number of benzene rings is 2. The molecule has 0 heterocycles. The second-order valence-corrected chi connectivity index (χ2v) is 4.48. The molecule has 3 nitrogen and oxygen atoms in total. The molecule has 20 heavy (non-hydrogen) atoms. The van der Waals surface area contributed by atoms with Crippen LogP contribution in [0.4, 0.5) is 14.5 Å². The maximum atomic E-state index is 13.7. The van der Waals surface area contributed by atoms with Crippen molar-refractivity contribution in [2.75, 3.05) is 5.32 Å². The van der Waals surface area contributed by atoms with Crippen molar-refractivity contribution in [1.29, 1.82) is 0 Å². The molecule has 2 aromatic carbocycles. The largest absolute Gasteiger partial charge is 0.376 e. The van der Waals surface area contributed by atoms with Gasteiger partial charge in [-0.15, -0.1) is 0 Å². The Morgan fingerprint density at radius 1 is 1.15 bits per heavy atom. The monoisotopic (exact) mass is 276 g/mol. The zero-order chi connectivity index (χ0) is 14.7. The van der Waals surface area contributed by atoms with E-state index in [0.29, 0.717) is 0 Å². The third-order valence-electron chi connectivity index (χ3n) is 2.99. The number of nitrogens with one attached hydrogen (secondary N) is 1. The molecule has 0 bridgehead atoms. The first-order chi connectivity index (χ1) is 9.47. The third kappa shape index (κ3) is 3.12. The lowest BCUT2D eigenvalue weighted by Crippen LogP contribution is -2.13. The summed E-state index contributed by atoms with van der Waals surface area (Å²) in [6.45, 7) is 1.81. The van der Waals surface area contributed by atoms with E-state index in [9.17, 15) is 13.6 Å². The van der Waals surface area contributed by atoms with E-state index < -0.39 is 11.7 Å². The highest BCUT2D eigenvalue weighted by Crippen LogP contribution is 2.23. The SMILES string of the molecule is CC(Nc1cc(C(N)=O)ccc1F)c1ccc(F)cc1. The molecule has 0 saturated heterocycles. The Kier molecular flexibility index (Phi) is 3.98. The molecular weight excluding hydrogens is 262 g/mol. The molecule has 1 unspecified atom stereocenters. The number of anilines is 1. The minimum absolute atomic E-state index is 0.179. The molecule has 0 fully saturated rings. The number of carbonyl (C=O) groups excluding carboxylic acids is 1. The predicted octanol–water partition coefficient (Wildman–Crippen LogP) is 3.24. The van der Waals surface area contributed by atoms with Crippen LogP contribution in [0, 0.1) is 11.6 Å². The highest BCUT2D eigenvalue weighted by molar-refractivity contribution is 5.93. The van der Waals surface area contributed by atoms with Gasteiger partial charge in [0, 0.05) is 11.6 Å². The molecule has 1 atom stereocenters. The Labute approximate surface area is 115 Å². The topological polar surface area (TPSA) is 55.1 Å². The van der Waals surface area contributed by atoms with E-state index in [2.05, 4.69) is 5.32 Å². The van der Waals surface area contributed by atoms with Gasteiger partial charge < -0.3 is 11.1 Å². The molecule has 5 heteroatoms. The molecule has 0 aliphatic heterocycles. The van der Waals surface area contributed by atoms with Gasteiger partial charge >= 0.3 is 0 Å².